The van der Waals surface area contributed by atoms with E-state index >= 15 is 0 Å². The minimum atomic E-state index is -2.54. The van der Waals surface area contributed by atoms with Gasteiger partial charge in [-0.05, 0) is 12.8 Å². The summed E-state index contributed by atoms with van der Waals surface area (Å²) < 4.78 is 29.3. The number of hydrogen-bond donors (Lipinski definition) is 1. The maximum atomic E-state index is 14.6. The van der Waals surface area contributed by atoms with Gasteiger partial charge in [-0.3, -0.25) is 4.90 Å². The molecule has 1 saturated heterocycles. The molecule has 0 amide bonds. The first-order valence-corrected chi connectivity index (χ1v) is 9.25. The van der Waals surface area contributed by atoms with E-state index in [0.717, 1.165) is 50.2 Å². The van der Waals surface area contributed by atoms with Crippen LogP contribution in [-0.4, -0.2) is 43.0 Å². The summed E-state index contributed by atoms with van der Waals surface area (Å²) in [5.41, 5.74) is 2.04. The van der Waals surface area contributed by atoms with E-state index in [4.69, 9.17) is 0 Å². The van der Waals surface area contributed by atoms with Crippen molar-refractivity contribution < 1.29 is 8.78 Å². The van der Waals surface area contributed by atoms with Crippen LogP contribution in [0.5, 0.6) is 0 Å². The fourth-order valence-electron chi connectivity index (χ4n) is 5.60. The predicted octanol–water partition coefficient (Wildman–Crippen LogP) is 3.16. The van der Waals surface area contributed by atoms with Crippen molar-refractivity contribution in [2.75, 3.05) is 26.2 Å². The molecule has 3 fully saturated rings. The van der Waals surface area contributed by atoms with Crippen LogP contribution in [0.1, 0.15) is 12.8 Å². The standard InChI is InChI=1S/C20H24F2N2/c21-20(22)17-13-5-1-3-7-15(13)19(24-11-9-23-10-12-24)16-8-4-2-6-14(16)18(17)20/h1-6,15-19,23H,7-12H2. The highest BCUT2D eigenvalue weighted by Gasteiger charge is 2.73. The van der Waals surface area contributed by atoms with E-state index in [0.29, 0.717) is 6.04 Å². The first-order chi connectivity index (χ1) is 11.7. The summed E-state index contributed by atoms with van der Waals surface area (Å²) >= 11 is 0. The van der Waals surface area contributed by atoms with Crippen molar-refractivity contribution in [3.05, 3.63) is 47.6 Å². The summed E-state index contributed by atoms with van der Waals surface area (Å²) in [6.07, 6.45) is 14.2. The summed E-state index contributed by atoms with van der Waals surface area (Å²) in [6, 6.07) is 0.364. The van der Waals surface area contributed by atoms with Gasteiger partial charge in [0.2, 0.25) is 0 Å². The first kappa shape index (κ1) is 15.0. The van der Waals surface area contributed by atoms with Gasteiger partial charge in [-0.1, -0.05) is 47.6 Å². The molecule has 1 N–H and O–H groups in total. The highest BCUT2D eigenvalue weighted by molar-refractivity contribution is 5.45. The zero-order valence-corrected chi connectivity index (χ0v) is 13.8. The van der Waals surface area contributed by atoms with Gasteiger partial charge in [0.05, 0.1) is 11.8 Å². The lowest BCUT2D eigenvalue weighted by Crippen LogP contribution is -2.54. The number of rotatable bonds is 1. The van der Waals surface area contributed by atoms with Crippen LogP contribution in [-0.2, 0) is 0 Å². The van der Waals surface area contributed by atoms with Crippen LogP contribution >= 0.6 is 0 Å². The average Bonchev–Trinajstić information content (AvgIpc) is 3.22. The van der Waals surface area contributed by atoms with E-state index in [1.165, 1.54) is 0 Å². The molecule has 1 heterocycles. The van der Waals surface area contributed by atoms with Gasteiger partial charge in [-0.2, -0.15) is 0 Å². The fourth-order valence-corrected chi connectivity index (χ4v) is 5.60. The Labute approximate surface area is 142 Å². The number of allylic oxidation sites excluding steroid dienone is 6. The molecule has 128 valence electrons. The number of fused-ring (bicyclic) bond motifs is 5. The zero-order valence-electron chi connectivity index (χ0n) is 13.8. The first-order valence-electron chi connectivity index (χ1n) is 9.25. The number of hydrogen-bond acceptors (Lipinski definition) is 2. The fraction of sp³-hybridized carbons (Fsp3) is 0.600. The van der Waals surface area contributed by atoms with Crippen LogP contribution in [0, 0.1) is 23.7 Å². The molecule has 2 saturated carbocycles. The normalized spacial score (nSPS) is 43.0. The van der Waals surface area contributed by atoms with Gasteiger partial charge >= 0.3 is 0 Å². The van der Waals surface area contributed by atoms with E-state index in [-0.39, 0.29) is 11.8 Å². The highest BCUT2D eigenvalue weighted by atomic mass is 19.3. The second-order valence-electron chi connectivity index (χ2n) is 7.78. The minimum Gasteiger partial charge on any atom is -0.314 e. The molecule has 0 radical (unpaired) electrons. The molecule has 4 heteroatoms. The summed E-state index contributed by atoms with van der Waals surface area (Å²) in [5.74, 6) is -3.16. The van der Waals surface area contributed by atoms with Crippen LogP contribution in [0.3, 0.4) is 0 Å². The zero-order chi connectivity index (χ0) is 16.3. The summed E-state index contributed by atoms with van der Waals surface area (Å²) in [6.45, 7) is 4.06. The van der Waals surface area contributed by atoms with Crippen molar-refractivity contribution in [1.29, 1.82) is 0 Å². The SMILES string of the molecule is FC1(F)C2C3=CC=CCC3C(N3CCNCC3)C3CC=CC=C3C21. The van der Waals surface area contributed by atoms with Gasteiger partial charge in [0, 0.05) is 44.1 Å². The molecular formula is C20H24F2N2. The maximum absolute atomic E-state index is 14.6. The number of alkyl halides is 2. The van der Waals surface area contributed by atoms with Crippen molar-refractivity contribution in [3.8, 4) is 0 Å². The third-order valence-electron chi connectivity index (χ3n) is 6.66. The molecule has 0 bridgehead atoms. The van der Waals surface area contributed by atoms with Crippen molar-refractivity contribution in [3.63, 3.8) is 0 Å². The molecule has 4 aliphatic carbocycles. The molecule has 5 aliphatic rings. The number of piperazine rings is 1. The van der Waals surface area contributed by atoms with Crippen molar-refractivity contribution in [2.24, 2.45) is 23.7 Å². The van der Waals surface area contributed by atoms with Crippen LogP contribution < -0.4 is 5.32 Å². The molecule has 1 aliphatic heterocycles. The monoisotopic (exact) mass is 330 g/mol. The van der Waals surface area contributed by atoms with Crippen LogP contribution in [0.25, 0.3) is 0 Å². The average molecular weight is 330 g/mol. The molecule has 0 aromatic heterocycles. The predicted molar refractivity (Wildman–Crippen MR) is 90.8 cm³/mol. The Kier molecular flexibility index (Phi) is 3.36. The number of nitrogens with zero attached hydrogens (tertiary/aromatic N) is 1. The molecular weight excluding hydrogens is 306 g/mol. The van der Waals surface area contributed by atoms with Crippen LogP contribution in [0.2, 0.25) is 0 Å². The Morgan fingerprint density at radius 3 is 2.00 bits per heavy atom. The Morgan fingerprint density at radius 1 is 0.917 bits per heavy atom. The Balaban J connectivity index is 1.60. The lowest BCUT2D eigenvalue weighted by atomic mass is 9.74. The third kappa shape index (κ3) is 2.05. The van der Waals surface area contributed by atoms with Gasteiger partial charge in [-0.15, -0.1) is 0 Å². The summed E-state index contributed by atoms with van der Waals surface area (Å²) in [4.78, 5) is 2.58. The second-order valence-corrected chi connectivity index (χ2v) is 7.78. The van der Waals surface area contributed by atoms with E-state index < -0.39 is 17.8 Å². The van der Waals surface area contributed by atoms with Crippen LogP contribution in [0.15, 0.2) is 47.6 Å². The van der Waals surface area contributed by atoms with Crippen molar-refractivity contribution >= 4 is 0 Å². The van der Waals surface area contributed by atoms with E-state index in [2.05, 4.69) is 22.4 Å². The lowest BCUT2D eigenvalue weighted by Gasteiger charge is -2.45. The van der Waals surface area contributed by atoms with Crippen LogP contribution in [0.4, 0.5) is 8.78 Å². The molecule has 5 rings (SSSR count). The Morgan fingerprint density at radius 2 is 1.46 bits per heavy atom. The molecule has 4 unspecified atom stereocenters. The van der Waals surface area contributed by atoms with Crippen molar-refractivity contribution in [2.45, 2.75) is 24.8 Å². The van der Waals surface area contributed by atoms with Gasteiger partial charge < -0.3 is 5.32 Å². The van der Waals surface area contributed by atoms with Crippen molar-refractivity contribution in [1.82, 2.24) is 10.2 Å². The second kappa shape index (κ2) is 5.37. The minimum absolute atomic E-state index is 0.247. The number of nitrogens with one attached hydrogen (secondary N) is 1. The van der Waals surface area contributed by atoms with Gasteiger partial charge in [0.25, 0.3) is 5.92 Å². The molecule has 0 aromatic rings. The molecule has 0 spiro atoms. The maximum Gasteiger partial charge on any atom is 0.262 e. The molecule has 4 atom stereocenters. The van der Waals surface area contributed by atoms with E-state index in [1.807, 2.05) is 24.3 Å². The largest absolute Gasteiger partial charge is 0.314 e. The number of halogens is 2. The highest BCUT2D eigenvalue weighted by Crippen LogP contribution is 2.68. The lowest BCUT2D eigenvalue weighted by molar-refractivity contribution is 0.0646. The summed E-state index contributed by atoms with van der Waals surface area (Å²) in [7, 11) is 0. The Hall–Kier alpha value is -1.26. The Bertz CT molecular complexity index is 609. The van der Waals surface area contributed by atoms with E-state index in [9.17, 15) is 8.78 Å². The molecule has 0 aromatic carbocycles. The quantitative estimate of drug-likeness (QED) is 0.794. The molecule has 24 heavy (non-hydrogen) atoms. The van der Waals surface area contributed by atoms with E-state index in [1.54, 1.807) is 0 Å². The van der Waals surface area contributed by atoms with Gasteiger partial charge in [0.15, 0.2) is 0 Å². The van der Waals surface area contributed by atoms with Gasteiger partial charge in [0.1, 0.15) is 0 Å². The molecule has 2 nitrogen and oxygen atoms in total. The van der Waals surface area contributed by atoms with Gasteiger partial charge in [-0.25, -0.2) is 8.78 Å². The summed E-state index contributed by atoms with van der Waals surface area (Å²) in [5, 5.41) is 3.43. The smallest absolute Gasteiger partial charge is 0.262 e. The topological polar surface area (TPSA) is 15.3 Å². The third-order valence-corrected chi connectivity index (χ3v) is 6.66.